The third-order valence-corrected chi connectivity index (χ3v) is 5.49. The average Bonchev–Trinajstić information content (AvgIpc) is 3.20. The van der Waals surface area contributed by atoms with Crippen LogP contribution in [0.25, 0.3) is 11.3 Å². The van der Waals surface area contributed by atoms with Crippen molar-refractivity contribution in [3.63, 3.8) is 0 Å². The molecule has 0 aliphatic carbocycles. The van der Waals surface area contributed by atoms with E-state index in [-0.39, 0.29) is 12.5 Å². The van der Waals surface area contributed by atoms with E-state index < -0.39 is 6.17 Å². The predicted octanol–water partition coefficient (Wildman–Crippen LogP) is 5.12. The maximum atomic E-state index is 13.9. The Kier molecular flexibility index (Phi) is 6.13. The van der Waals surface area contributed by atoms with E-state index in [9.17, 15) is 9.18 Å². The first-order valence-electron chi connectivity index (χ1n) is 10.2. The smallest absolute Gasteiger partial charge is 0.261 e. The highest BCUT2D eigenvalue weighted by Gasteiger charge is 2.29. The van der Waals surface area contributed by atoms with Gasteiger partial charge in [0.25, 0.3) is 5.91 Å². The molecule has 1 saturated heterocycles. The van der Waals surface area contributed by atoms with Crippen LogP contribution in [0, 0.1) is 0 Å². The standard InChI is InChI=1S/C23H23ClFN5O/c1-14(2)19-8-7-18(11-26-19)29-23(31)20-21(15-3-5-16(24)6-4-15)27-13-28-22(20)30-10-9-17(25)12-30/h3-8,11,13-14,17H,9-10,12H2,1-2H3,(H,29,31)/t17-/m1/s1. The summed E-state index contributed by atoms with van der Waals surface area (Å²) in [5.41, 5.74) is 2.99. The predicted molar refractivity (Wildman–Crippen MR) is 120 cm³/mol. The number of rotatable bonds is 5. The SMILES string of the molecule is CC(C)c1ccc(NC(=O)c2c(-c3ccc(Cl)cc3)ncnc2N2CC[C@@H](F)C2)cn1. The minimum absolute atomic E-state index is 0.196. The first kappa shape index (κ1) is 21.2. The van der Waals surface area contributed by atoms with Crippen molar-refractivity contribution in [3.05, 3.63) is 65.2 Å². The highest BCUT2D eigenvalue weighted by Crippen LogP contribution is 2.31. The summed E-state index contributed by atoms with van der Waals surface area (Å²) in [6, 6.07) is 10.8. The number of carbonyl (C=O) groups excluding carboxylic acids is 1. The first-order valence-corrected chi connectivity index (χ1v) is 10.6. The van der Waals surface area contributed by atoms with Crippen LogP contribution in [-0.2, 0) is 0 Å². The summed E-state index contributed by atoms with van der Waals surface area (Å²) in [7, 11) is 0. The summed E-state index contributed by atoms with van der Waals surface area (Å²) in [5.74, 6) is 0.338. The van der Waals surface area contributed by atoms with E-state index in [4.69, 9.17) is 11.6 Å². The lowest BCUT2D eigenvalue weighted by molar-refractivity contribution is 0.102. The quantitative estimate of drug-likeness (QED) is 0.597. The molecule has 3 aromatic rings. The van der Waals surface area contributed by atoms with Crippen LogP contribution in [0.1, 0.15) is 42.2 Å². The normalized spacial score (nSPS) is 16.0. The number of pyridine rings is 1. The lowest BCUT2D eigenvalue weighted by Crippen LogP contribution is -2.26. The molecule has 4 rings (SSSR count). The highest BCUT2D eigenvalue weighted by atomic mass is 35.5. The summed E-state index contributed by atoms with van der Waals surface area (Å²) < 4.78 is 13.9. The molecule has 1 amide bonds. The van der Waals surface area contributed by atoms with Gasteiger partial charge < -0.3 is 10.2 Å². The van der Waals surface area contributed by atoms with Gasteiger partial charge in [-0.1, -0.05) is 37.6 Å². The van der Waals surface area contributed by atoms with Crippen LogP contribution in [0.2, 0.25) is 5.02 Å². The van der Waals surface area contributed by atoms with Crippen LogP contribution in [0.5, 0.6) is 0 Å². The molecule has 1 atom stereocenters. The van der Waals surface area contributed by atoms with Crippen LogP contribution >= 0.6 is 11.6 Å². The fourth-order valence-corrected chi connectivity index (χ4v) is 3.70. The Morgan fingerprint density at radius 3 is 2.55 bits per heavy atom. The minimum atomic E-state index is -0.947. The third kappa shape index (κ3) is 4.66. The van der Waals surface area contributed by atoms with E-state index in [1.54, 1.807) is 35.4 Å². The maximum Gasteiger partial charge on any atom is 0.261 e. The number of hydrogen-bond acceptors (Lipinski definition) is 5. The van der Waals surface area contributed by atoms with E-state index in [1.165, 1.54) is 6.33 Å². The van der Waals surface area contributed by atoms with E-state index >= 15 is 0 Å². The highest BCUT2D eigenvalue weighted by molar-refractivity contribution is 6.30. The van der Waals surface area contributed by atoms with Crippen molar-refractivity contribution in [1.82, 2.24) is 15.0 Å². The van der Waals surface area contributed by atoms with Gasteiger partial charge in [0.15, 0.2) is 0 Å². The number of halogens is 2. The zero-order valence-corrected chi connectivity index (χ0v) is 18.1. The molecule has 0 radical (unpaired) electrons. The van der Waals surface area contributed by atoms with Crippen molar-refractivity contribution in [2.45, 2.75) is 32.4 Å². The average molecular weight is 440 g/mol. The molecule has 8 heteroatoms. The number of anilines is 2. The second-order valence-electron chi connectivity index (χ2n) is 7.84. The Balaban J connectivity index is 1.73. The fraction of sp³-hybridized carbons (Fsp3) is 0.304. The lowest BCUT2D eigenvalue weighted by Gasteiger charge is -2.21. The van der Waals surface area contributed by atoms with Crippen LogP contribution in [-0.4, -0.2) is 40.1 Å². The van der Waals surface area contributed by atoms with Crippen molar-refractivity contribution in [1.29, 1.82) is 0 Å². The van der Waals surface area contributed by atoms with Gasteiger partial charge in [-0.25, -0.2) is 14.4 Å². The van der Waals surface area contributed by atoms with Gasteiger partial charge in [-0.15, -0.1) is 0 Å². The fourth-order valence-electron chi connectivity index (χ4n) is 3.58. The van der Waals surface area contributed by atoms with Crippen LogP contribution in [0.15, 0.2) is 48.9 Å². The van der Waals surface area contributed by atoms with Crippen LogP contribution < -0.4 is 10.2 Å². The lowest BCUT2D eigenvalue weighted by atomic mass is 10.0. The molecule has 6 nitrogen and oxygen atoms in total. The first-order chi connectivity index (χ1) is 14.9. The third-order valence-electron chi connectivity index (χ3n) is 5.24. The van der Waals surface area contributed by atoms with Gasteiger partial charge in [0.1, 0.15) is 23.9 Å². The minimum Gasteiger partial charge on any atom is -0.353 e. The van der Waals surface area contributed by atoms with Gasteiger partial charge in [-0.05, 0) is 36.6 Å². The summed E-state index contributed by atoms with van der Waals surface area (Å²) in [6.45, 7) is 4.80. The molecule has 0 saturated carbocycles. The molecule has 0 bridgehead atoms. The number of hydrogen-bond donors (Lipinski definition) is 1. The molecule has 2 aromatic heterocycles. The number of carbonyl (C=O) groups is 1. The van der Waals surface area contributed by atoms with Gasteiger partial charge >= 0.3 is 0 Å². The monoisotopic (exact) mass is 439 g/mol. The Bertz CT molecular complexity index is 1070. The Labute approximate surface area is 185 Å². The second kappa shape index (κ2) is 8.98. The van der Waals surface area contributed by atoms with Crippen molar-refractivity contribution in [3.8, 4) is 11.3 Å². The molecule has 1 fully saturated rings. The molecule has 1 aromatic carbocycles. The van der Waals surface area contributed by atoms with Crippen LogP contribution in [0.3, 0.4) is 0 Å². The molecular weight excluding hydrogens is 417 g/mol. The maximum absolute atomic E-state index is 13.9. The number of nitrogens with one attached hydrogen (secondary N) is 1. The molecule has 1 aliphatic rings. The summed E-state index contributed by atoms with van der Waals surface area (Å²) in [6.07, 6.45) is 2.49. The molecule has 1 aliphatic heterocycles. The van der Waals surface area contributed by atoms with Gasteiger partial charge in [-0.2, -0.15) is 0 Å². The zero-order valence-electron chi connectivity index (χ0n) is 17.3. The van der Waals surface area contributed by atoms with E-state index in [0.717, 1.165) is 11.3 Å². The molecule has 31 heavy (non-hydrogen) atoms. The van der Waals surface area contributed by atoms with E-state index in [0.29, 0.717) is 46.7 Å². The number of alkyl halides is 1. The second-order valence-corrected chi connectivity index (χ2v) is 8.28. The van der Waals surface area contributed by atoms with E-state index in [2.05, 4.69) is 34.1 Å². The summed E-state index contributed by atoms with van der Waals surface area (Å²) >= 11 is 6.03. The number of benzene rings is 1. The van der Waals surface area contributed by atoms with Crippen molar-refractivity contribution >= 4 is 29.0 Å². The van der Waals surface area contributed by atoms with Gasteiger partial charge in [-0.3, -0.25) is 9.78 Å². The van der Waals surface area contributed by atoms with Gasteiger partial charge in [0.2, 0.25) is 0 Å². The molecule has 160 valence electrons. The topological polar surface area (TPSA) is 71.0 Å². The molecule has 0 spiro atoms. The van der Waals surface area contributed by atoms with Gasteiger partial charge in [0.05, 0.1) is 24.1 Å². The Morgan fingerprint density at radius 1 is 1.16 bits per heavy atom. The summed E-state index contributed by atoms with van der Waals surface area (Å²) in [4.78, 5) is 28.3. The molecule has 0 unspecified atom stereocenters. The Morgan fingerprint density at radius 2 is 1.94 bits per heavy atom. The Hall–Kier alpha value is -3.06. The molecular formula is C23H23ClFN5O. The molecule has 3 heterocycles. The number of aromatic nitrogens is 3. The zero-order chi connectivity index (χ0) is 22.0. The number of nitrogens with zero attached hydrogens (tertiary/aromatic N) is 4. The van der Waals surface area contributed by atoms with Crippen molar-refractivity contribution in [2.75, 3.05) is 23.3 Å². The number of amides is 1. The van der Waals surface area contributed by atoms with Crippen molar-refractivity contribution in [2.24, 2.45) is 0 Å². The van der Waals surface area contributed by atoms with Gasteiger partial charge in [0, 0.05) is 22.8 Å². The molecule has 1 N–H and O–H groups in total. The van der Waals surface area contributed by atoms with Crippen LogP contribution in [0.4, 0.5) is 15.9 Å². The van der Waals surface area contributed by atoms with E-state index in [1.807, 2.05) is 12.1 Å². The van der Waals surface area contributed by atoms with Crippen molar-refractivity contribution < 1.29 is 9.18 Å². The largest absolute Gasteiger partial charge is 0.353 e. The summed E-state index contributed by atoms with van der Waals surface area (Å²) in [5, 5.41) is 3.48.